The van der Waals surface area contributed by atoms with Gasteiger partial charge >= 0.3 is 0 Å². The van der Waals surface area contributed by atoms with Crippen LogP contribution in [0.1, 0.15) is 49.9 Å². The number of rotatable bonds is 2. The molecule has 1 spiro atoms. The number of hydrogen-bond acceptors (Lipinski definition) is 3. The van der Waals surface area contributed by atoms with E-state index in [1.807, 2.05) is 18.7 Å². The number of phenolic OH excluding ortho intramolecular Hbond substituents is 1. The molecular weight excluding hydrogens is 292 g/mol. The van der Waals surface area contributed by atoms with Gasteiger partial charge in [0.25, 0.3) is 5.91 Å². The Morgan fingerprint density at radius 3 is 2.35 bits per heavy atom. The first-order valence-electron chi connectivity index (χ1n) is 8.38. The maximum Gasteiger partial charge on any atom is 0.254 e. The van der Waals surface area contributed by atoms with E-state index in [9.17, 15) is 14.7 Å². The van der Waals surface area contributed by atoms with E-state index >= 15 is 0 Å². The van der Waals surface area contributed by atoms with Crippen molar-refractivity contribution in [2.24, 2.45) is 0 Å². The molecule has 1 N–H and O–H groups in total. The molecule has 2 aliphatic rings. The van der Waals surface area contributed by atoms with E-state index in [1.54, 1.807) is 17.0 Å². The predicted octanol–water partition coefficient (Wildman–Crippen LogP) is 2.40. The van der Waals surface area contributed by atoms with Crippen LogP contribution in [0.4, 0.5) is 0 Å². The van der Waals surface area contributed by atoms with Gasteiger partial charge in [0, 0.05) is 24.7 Å². The lowest BCUT2D eigenvalue weighted by Gasteiger charge is -2.46. The van der Waals surface area contributed by atoms with Crippen molar-refractivity contribution in [3.05, 3.63) is 29.8 Å². The normalized spacial score (nSPS) is 24.7. The molecule has 2 amide bonds. The number of aromatic hydroxyl groups is 1. The fourth-order valence-electron chi connectivity index (χ4n) is 3.93. The van der Waals surface area contributed by atoms with Gasteiger partial charge in [0.2, 0.25) is 5.91 Å². The van der Waals surface area contributed by atoms with Crippen LogP contribution in [0.5, 0.6) is 5.75 Å². The van der Waals surface area contributed by atoms with Gasteiger partial charge in [-0.25, -0.2) is 0 Å². The van der Waals surface area contributed by atoms with Gasteiger partial charge in [0.1, 0.15) is 11.3 Å². The van der Waals surface area contributed by atoms with E-state index in [1.165, 1.54) is 12.1 Å². The molecule has 0 radical (unpaired) electrons. The Labute approximate surface area is 136 Å². The summed E-state index contributed by atoms with van der Waals surface area (Å²) in [6.45, 7) is 5.45. The van der Waals surface area contributed by atoms with E-state index in [0.29, 0.717) is 12.1 Å². The summed E-state index contributed by atoms with van der Waals surface area (Å²) in [6.07, 6.45) is 3.29. The molecule has 0 saturated carbocycles. The predicted molar refractivity (Wildman–Crippen MR) is 87.2 cm³/mol. The molecule has 1 aromatic rings. The fraction of sp³-hybridized carbons (Fsp3) is 0.556. The van der Waals surface area contributed by atoms with Crippen molar-refractivity contribution in [1.29, 1.82) is 0 Å². The van der Waals surface area contributed by atoms with E-state index in [4.69, 9.17) is 0 Å². The second kappa shape index (κ2) is 5.87. The van der Waals surface area contributed by atoms with Gasteiger partial charge < -0.3 is 14.9 Å². The molecule has 2 fully saturated rings. The number of amides is 2. The molecule has 0 aliphatic carbocycles. The quantitative estimate of drug-likeness (QED) is 0.911. The lowest BCUT2D eigenvalue weighted by molar-refractivity contribution is -0.147. The molecule has 23 heavy (non-hydrogen) atoms. The summed E-state index contributed by atoms with van der Waals surface area (Å²) in [5.74, 6) is 0.127. The standard InChI is InChI=1S/C18H24N2O3/c1-13(2)19-11-3-9-18(17(19)23)10-4-12-20(18)16(22)14-5-7-15(21)8-6-14/h5-8,13,21H,3-4,9-12H2,1-2H3. The average molecular weight is 316 g/mol. The summed E-state index contributed by atoms with van der Waals surface area (Å²) in [7, 11) is 0. The van der Waals surface area contributed by atoms with Crippen molar-refractivity contribution >= 4 is 11.8 Å². The zero-order valence-corrected chi connectivity index (χ0v) is 13.8. The highest BCUT2D eigenvalue weighted by Crippen LogP contribution is 2.39. The van der Waals surface area contributed by atoms with Gasteiger partial charge in [-0.15, -0.1) is 0 Å². The summed E-state index contributed by atoms with van der Waals surface area (Å²) in [5, 5.41) is 9.40. The fourth-order valence-corrected chi connectivity index (χ4v) is 3.93. The average Bonchev–Trinajstić information content (AvgIpc) is 2.94. The van der Waals surface area contributed by atoms with Crippen molar-refractivity contribution in [3.8, 4) is 5.75 Å². The minimum atomic E-state index is -0.669. The van der Waals surface area contributed by atoms with E-state index in [2.05, 4.69) is 0 Å². The van der Waals surface area contributed by atoms with Crippen molar-refractivity contribution in [1.82, 2.24) is 9.80 Å². The van der Waals surface area contributed by atoms with Gasteiger partial charge in [-0.1, -0.05) is 0 Å². The van der Waals surface area contributed by atoms with E-state index in [-0.39, 0.29) is 23.6 Å². The van der Waals surface area contributed by atoms with Crippen LogP contribution < -0.4 is 0 Å². The van der Waals surface area contributed by atoms with Crippen LogP contribution in [0.15, 0.2) is 24.3 Å². The molecule has 3 rings (SSSR count). The first-order chi connectivity index (χ1) is 11.0. The highest BCUT2D eigenvalue weighted by Gasteiger charge is 2.53. The zero-order chi connectivity index (χ0) is 16.6. The van der Waals surface area contributed by atoms with Crippen LogP contribution in [-0.4, -0.2) is 51.4 Å². The number of likely N-dealkylation sites (tertiary alicyclic amines) is 2. The Hall–Kier alpha value is -2.04. The number of hydrogen-bond donors (Lipinski definition) is 1. The third-order valence-corrected chi connectivity index (χ3v) is 5.12. The Kier molecular flexibility index (Phi) is 4.04. The van der Waals surface area contributed by atoms with Crippen molar-refractivity contribution in [2.75, 3.05) is 13.1 Å². The molecule has 124 valence electrons. The second-order valence-corrected chi connectivity index (χ2v) is 6.83. The van der Waals surface area contributed by atoms with Crippen molar-refractivity contribution in [2.45, 2.75) is 51.1 Å². The largest absolute Gasteiger partial charge is 0.508 e. The van der Waals surface area contributed by atoms with Gasteiger partial charge in [-0.2, -0.15) is 0 Å². The number of carbonyl (C=O) groups is 2. The first-order valence-corrected chi connectivity index (χ1v) is 8.38. The topological polar surface area (TPSA) is 60.9 Å². The highest BCUT2D eigenvalue weighted by molar-refractivity contribution is 6.00. The van der Waals surface area contributed by atoms with Gasteiger partial charge in [0.15, 0.2) is 0 Å². The lowest BCUT2D eigenvalue weighted by atomic mass is 9.84. The second-order valence-electron chi connectivity index (χ2n) is 6.83. The monoisotopic (exact) mass is 316 g/mol. The lowest BCUT2D eigenvalue weighted by Crippen LogP contribution is -2.62. The number of carbonyl (C=O) groups excluding carboxylic acids is 2. The summed E-state index contributed by atoms with van der Waals surface area (Å²) in [4.78, 5) is 29.7. The summed E-state index contributed by atoms with van der Waals surface area (Å²) in [6, 6.07) is 6.43. The summed E-state index contributed by atoms with van der Waals surface area (Å²) < 4.78 is 0. The van der Waals surface area contributed by atoms with Gasteiger partial charge in [-0.3, -0.25) is 9.59 Å². The molecule has 0 bridgehead atoms. The van der Waals surface area contributed by atoms with Gasteiger partial charge in [0.05, 0.1) is 0 Å². The van der Waals surface area contributed by atoms with Crippen LogP contribution in [0.3, 0.4) is 0 Å². The molecule has 5 nitrogen and oxygen atoms in total. The molecule has 2 saturated heterocycles. The Balaban J connectivity index is 1.91. The number of phenols is 1. The van der Waals surface area contributed by atoms with Crippen molar-refractivity contribution < 1.29 is 14.7 Å². The summed E-state index contributed by atoms with van der Waals surface area (Å²) >= 11 is 0. The Bertz CT molecular complexity index is 611. The third-order valence-electron chi connectivity index (χ3n) is 5.12. The van der Waals surface area contributed by atoms with Crippen LogP contribution in [0, 0.1) is 0 Å². The molecule has 1 unspecified atom stereocenters. The first kappa shape index (κ1) is 15.8. The SMILES string of the molecule is CC(C)N1CCCC2(CCCN2C(=O)c2ccc(O)cc2)C1=O. The van der Waals surface area contributed by atoms with Crippen molar-refractivity contribution in [3.63, 3.8) is 0 Å². The number of nitrogens with zero attached hydrogens (tertiary/aromatic N) is 2. The van der Waals surface area contributed by atoms with E-state index in [0.717, 1.165) is 32.2 Å². The maximum atomic E-state index is 13.1. The molecule has 1 aromatic carbocycles. The van der Waals surface area contributed by atoms with Gasteiger partial charge in [-0.05, 0) is 63.8 Å². The Morgan fingerprint density at radius 2 is 1.74 bits per heavy atom. The number of benzene rings is 1. The Morgan fingerprint density at radius 1 is 1.13 bits per heavy atom. The molecule has 5 heteroatoms. The van der Waals surface area contributed by atoms with Crippen LogP contribution in [0.2, 0.25) is 0 Å². The molecule has 2 aliphatic heterocycles. The van der Waals surface area contributed by atoms with Crippen LogP contribution >= 0.6 is 0 Å². The molecule has 0 aromatic heterocycles. The zero-order valence-electron chi connectivity index (χ0n) is 13.8. The van der Waals surface area contributed by atoms with E-state index < -0.39 is 5.54 Å². The van der Waals surface area contributed by atoms with Crippen LogP contribution in [0.25, 0.3) is 0 Å². The minimum absolute atomic E-state index is 0.100. The van der Waals surface area contributed by atoms with Crippen LogP contribution in [-0.2, 0) is 4.79 Å². The highest BCUT2D eigenvalue weighted by atomic mass is 16.3. The summed E-state index contributed by atoms with van der Waals surface area (Å²) in [5.41, 5.74) is -0.143. The third kappa shape index (κ3) is 2.58. The maximum absolute atomic E-state index is 13.1. The minimum Gasteiger partial charge on any atom is -0.508 e. The molecular formula is C18H24N2O3. The molecule has 2 heterocycles. The number of piperidine rings is 1. The molecule has 1 atom stereocenters. The smallest absolute Gasteiger partial charge is 0.254 e.